The third kappa shape index (κ3) is 2.36. The van der Waals surface area contributed by atoms with Crippen LogP contribution in [0.1, 0.15) is 15.9 Å². The molecule has 0 amide bonds. The molecular weight excluding hydrogens is 332 g/mol. The standard InChI is InChI=1S/C21H18O5/c1-23-14-7-4-12(5-8-14)18-16-11-26-21(22)15(16)10-13-6-9-17(24-2)20(25-3)19(13)18/h4-10H,11H2,1-3H3. The average molecular weight is 350 g/mol. The summed E-state index contributed by atoms with van der Waals surface area (Å²) in [5.74, 6) is 1.74. The highest BCUT2D eigenvalue weighted by atomic mass is 16.5. The maximum atomic E-state index is 12.2. The molecule has 1 aliphatic rings. The van der Waals surface area contributed by atoms with Crippen LogP contribution >= 0.6 is 0 Å². The van der Waals surface area contributed by atoms with Crippen LogP contribution in [0.4, 0.5) is 0 Å². The van der Waals surface area contributed by atoms with Crippen molar-refractivity contribution in [3.8, 4) is 28.4 Å². The number of ether oxygens (including phenoxy) is 4. The van der Waals surface area contributed by atoms with Gasteiger partial charge in [0, 0.05) is 16.5 Å². The molecule has 5 heteroatoms. The summed E-state index contributed by atoms with van der Waals surface area (Å²) in [4.78, 5) is 12.2. The van der Waals surface area contributed by atoms with E-state index in [0.717, 1.165) is 33.2 Å². The highest BCUT2D eigenvalue weighted by molar-refractivity contribution is 6.10. The van der Waals surface area contributed by atoms with Gasteiger partial charge in [-0.2, -0.15) is 0 Å². The molecule has 3 aromatic rings. The Bertz CT molecular complexity index is 1010. The lowest BCUT2D eigenvalue weighted by atomic mass is 9.90. The molecule has 1 aliphatic heterocycles. The summed E-state index contributed by atoms with van der Waals surface area (Å²) in [7, 11) is 4.85. The molecule has 0 saturated heterocycles. The number of methoxy groups -OCH3 is 3. The molecule has 132 valence electrons. The zero-order valence-electron chi connectivity index (χ0n) is 14.8. The number of cyclic esters (lactones) is 1. The second-order valence-corrected chi connectivity index (χ2v) is 5.98. The summed E-state index contributed by atoms with van der Waals surface area (Å²) in [6.07, 6.45) is 0. The quantitative estimate of drug-likeness (QED) is 0.660. The van der Waals surface area contributed by atoms with E-state index in [4.69, 9.17) is 18.9 Å². The molecular formula is C21H18O5. The van der Waals surface area contributed by atoms with E-state index in [0.29, 0.717) is 17.1 Å². The Morgan fingerprint density at radius 3 is 2.35 bits per heavy atom. The fraction of sp³-hybridized carbons (Fsp3) is 0.190. The monoisotopic (exact) mass is 350 g/mol. The zero-order valence-corrected chi connectivity index (χ0v) is 14.8. The van der Waals surface area contributed by atoms with Crippen molar-refractivity contribution in [1.29, 1.82) is 0 Å². The van der Waals surface area contributed by atoms with Crippen molar-refractivity contribution in [2.45, 2.75) is 6.61 Å². The van der Waals surface area contributed by atoms with Gasteiger partial charge in [-0.15, -0.1) is 0 Å². The molecule has 0 aliphatic carbocycles. The van der Waals surface area contributed by atoms with E-state index in [1.165, 1.54) is 0 Å². The fourth-order valence-corrected chi connectivity index (χ4v) is 3.47. The fourth-order valence-electron chi connectivity index (χ4n) is 3.47. The van der Waals surface area contributed by atoms with Gasteiger partial charge in [0.25, 0.3) is 0 Å². The van der Waals surface area contributed by atoms with Crippen LogP contribution in [-0.2, 0) is 11.3 Å². The minimum Gasteiger partial charge on any atom is -0.497 e. The van der Waals surface area contributed by atoms with E-state index in [9.17, 15) is 4.79 Å². The van der Waals surface area contributed by atoms with Crippen molar-refractivity contribution in [1.82, 2.24) is 0 Å². The van der Waals surface area contributed by atoms with Crippen LogP contribution in [-0.4, -0.2) is 27.3 Å². The predicted octanol–water partition coefficient (Wildman–Crippen LogP) is 4.20. The number of benzene rings is 3. The van der Waals surface area contributed by atoms with Crippen molar-refractivity contribution >= 4 is 16.7 Å². The van der Waals surface area contributed by atoms with Crippen LogP contribution in [0.3, 0.4) is 0 Å². The third-order valence-corrected chi connectivity index (χ3v) is 4.70. The number of fused-ring (bicyclic) bond motifs is 2. The van der Waals surface area contributed by atoms with Crippen molar-refractivity contribution in [2.75, 3.05) is 21.3 Å². The Morgan fingerprint density at radius 1 is 0.923 bits per heavy atom. The van der Waals surface area contributed by atoms with Gasteiger partial charge in [-0.25, -0.2) is 4.79 Å². The lowest BCUT2D eigenvalue weighted by Crippen LogP contribution is -1.98. The van der Waals surface area contributed by atoms with Crippen LogP contribution < -0.4 is 14.2 Å². The molecule has 0 aromatic heterocycles. The van der Waals surface area contributed by atoms with Gasteiger partial charge in [0.15, 0.2) is 11.5 Å². The Hall–Kier alpha value is -3.21. The maximum Gasteiger partial charge on any atom is 0.338 e. The van der Waals surface area contributed by atoms with Crippen LogP contribution in [0, 0.1) is 0 Å². The first-order valence-electron chi connectivity index (χ1n) is 8.20. The molecule has 4 rings (SSSR count). The zero-order chi connectivity index (χ0) is 18.3. The Kier molecular flexibility index (Phi) is 3.92. The van der Waals surface area contributed by atoms with E-state index >= 15 is 0 Å². The minimum absolute atomic E-state index is 0.242. The summed E-state index contributed by atoms with van der Waals surface area (Å²) in [6.45, 7) is 0.242. The molecule has 26 heavy (non-hydrogen) atoms. The molecule has 5 nitrogen and oxygen atoms in total. The van der Waals surface area contributed by atoms with Crippen molar-refractivity contribution in [3.05, 3.63) is 53.6 Å². The van der Waals surface area contributed by atoms with Gasteiger partial charge in [0.05, 0.1) is 26.9 Å². The molecule has 0 atom stereocenters. The van der Waals surface area contributed by atoms with E-state index in [2.05, 4.69) is 0 Å². The highest BCUT2D eigenvalue weighted by Crippen LogP contribution is 2.45. The lowest BCUT2D eigenvalue weighted by Gasteiger charge is -2.17. The largest absolute Gasteiger partial charge is 0.497 e. The number of carbonyl (C=O) groups is 1. The topological polar surface area (TPSA) is 54.0 Å². The van der Waals surface area contributed by atoms with Crippen LogP contribution in [0.15, 0.2) is 42.5 Å². The molecule has 3 aromatic carbocycles. The smallest absolute Gasteiger partial charge is 0.338 e. The molecule has 0 fully saturated rings. The second kappa shape index (κ2) is 6.26. The molecule has 0 bridgehead atoms. The number of rotatable bonds is 4. The van der Waals surface area contributed by atoms with E-state index in [-0.39, 0.29) is 12.6 Å². The van der Waals surface area contributed by atoms with Crippen LogP contribution in [0.5, 0.6) is 17.2 Å². The van der Waals surface area contributed by atoms with Crippen molar-refractivity contribution in [3.63, 3.8) is 0 Å². The summed E-state index contributed by atoms with van der Waals surface area (Å²) in [6, 6.07) is 13.3. The average Bonchev–Trinajstić information content (AvgIpc) is 3.06. The molecule has 1 heterocycles. The van der Waals surface area contributed by atoms with E-state index in [1.54, 1.807) is 21.3 Å². The van der Waals surface area contributed by atoms with Crippen LogP contribution in [0.25, 0.3) is 21.9 Å². The molecule has 0 spiro atoms. The first-order valence-corrected chi connectivity index (χ1v) is 8.20. The number of hydrogen-bond acceptors (Lipinski definition) is 5. The lowest BCUT2D eigenvalue weighted by molar-refractivity contribution is 0.0535. The van der Waals surface area contributed by atoms with Gasteiger partial charge in [-0.05, 0) is 35.2 Å². The third-order valence-electron chi connectivity index (χ3n) is 4.70. The summed E-state index contributed by atoms with van der Waals surface area (Å²) < 4.78 is 21.7. The SMILES string of the molecule is COc1ccc(-c2c3c(cc4ccc(OC)c(OC)c24)C(=O)OC3)cc1. The second-order valence-electron chi connectivity index (χ2n) is 5.98. The summed E-state index contributed by atoms with van der Waals surface area (Å²) in [5.41, 5.74) is 3.33. The van der Waals surface area contributed by atoms with Crippen LogP contribution in [0.2, 0.25) is 0 Å². The summed E-state index contributed by atoms with van der Waals surface area (Å²) >= 11 is 0. The van der Waals surface area contributed by atoms with Gasteiger partial charge in [-0.3, -0.25) is 0 Å². The van der Waals surface area contributed by atoms with Gasteiger partial charge < -0.3 is 18.9 Å². The van der Waals surface area contributed by atoms with Gasteiger partial charge in [0.1, 0.15) is 12.4 Å². The molecule has 0 N–H and O–H groups in total. The molecule has 0 saturated carbocycles. The van der Waals surface area contributed by atoms with Crippen molar-refractivity contribution in [2.24, 2.45) is 0 Å². The first-order chi connectivity index (χ1) is 12.7. The molecule has 0 radical (unpaired) electrons. The summed E-state index contributed by atoms with van der Waals surface area (Å²) in [5, 5.41) is 1.79. The van der Waals surface area contributed by atoms with E-state index < -0.39 is 0 Å². The van der Waals surface area contributed by atoms with Crippen molar-refractivity contribution < 1.29 is 23.7 Å². The van der Waals surface area contributed by atoms with Gasteiger partial charge >= 0.3 is 5.97 Å². The number of carbonyl (C=O) groups excluding carboxylic acids is 1. The minimum atomic E-state index is -0.300. The number of esters is 1. The highest BCUT2D eigenvalue weighted by Gasteiger charge is 2.28. The van der Waals surface area contributed by atoms with Gasteiger partial charge in [-0.1, -0.05) is 18.2 Å². The number of hydrogen-bond donors (Lipinski definition) is 0. The Balaban J connectivity index is 2.12. The predicted molar refractivity (Wildman–Crippen MR) is 98.2 cm³/mol. The molecule has 0 unspecified atom stereocenters. The Labute approximate surface area is 151 Å². The normalized spacial score (nSPS) is 12.7. The first kappa shape index (κ1) is 16.3. The van der Waals surface area contributed by atoms with Gasteiger partial charge in [0.2, 0.25) is 0 Å². The Morgan fingerprint density at radius 2 is 1.69 bits per heavy atom. The van der Waals surface area contributed by atoms with E-state index in [1.807, 2.05) is 42.5 Å². The maximum absolute atomic E-state index is 12.2.